The summed E-state index contributed by atoms with van der Waals surface area (Å²) in [7, 11) is 0. The minimum atomic E-state index is 0.227. The van der Waals surface area contributed by atoms with E-state index in [2.05, 4.69) is 27.7 Å². The van der Waals surface area contributed by atoms with Crippen LogP contribution in [0.5, 0.6) is 0 Å². The minimum Gasteiger partial charge on any atom is -0.365 e. The third-order valence-electron chi connectivity index (χ3n) is 9.73. The fourth-order valence-electron chi connectivity index (χ4n) is 8.44. The predicted octanol–water partition coefficient (Wildman–Crippen LogP) is 5.56. The number of hydrogen-bond donors (Lipinski definition) is 0. The van der Waals surface area contributed by atoms with Crippen LogP contribution in [0.1, 0.15) is 79.1 Å². The van der Waals surface area contributed by atoms with Gasteiger partial charge in [0.2, 0.25) is 0 Å². The van der Waals surface area contributed by atoms with Crippen molar-refractivity contribution in [1.82, 2.24) is 0 Å². The molecule has 1 aliphatic heterocycles. The third kappa shape index (κ3) is 2.17. The lowest BCUT2D eigenvalue weighted by atomic mass is 9.46. The Morgan fingerprint density at radius 1 is 1.19 bits per heavy atom. The highest BCUT2D eigenvalue weighted by molar-refractivity contribution is 5.92. The molecular weight excluding hydrogens is 320 g/mol. The lowest BCUT2D eigenvalue weighted by Gasteiger charge is -2.57. The van der Waals surface area contributed by atoms with Crippen LogP contribution in [0.2, 0.25) is 0 Å². The maximum Gasteiger partial charge on any atom is 0.155 e. The van der Waals surface area contributed by atoms with Gasteiger partial charge >= 0.3 is 0 Å². The van der Waals surface area contributed by atoms with Gasteiger partial charge in [0.25, 0.3) is 0 Å². The molecule has 3 unspecified atom stereocenters. The molecule has 2 heteroatoms. The highest BCUT2D eigenvalue weighted by Gasteiger charge is 2.69. The largest absolute Gasteiger partial charge is 0.365 e. The SMILES string of the molecule is CCC[C@@H](C)[C@H]1CCC2C3C(CC[C@@]21C)[C@@]1(C)CCC(=O)C=C1[C@@H]1O[C@H]31. The van der Waals surface area contributed by atoms with Crippen LogP contribution in [-0.4, -0.2) is 18.0 Å². The molecule has 0 amide bonds. The van der Waals surface area contributed by atoms with E-state index in [4.69, 9.17) is 4.74 Å². The molecule has 0 aromatic rings. The summed E-state index contributed by atoms with van der Waals surface area (Å²) < 4.78 is 6.31. The normalized spacial score (nSPS) is 53.1. The van der Waals surface area contributed by atoms with Gasteiger partial charge < -0.3 is 4.74 Å². The van der Waals surface area contributed by atoms with E-state index >= 15 is 0 Å². The standard InChI is InChI=1S/C24H36O2/c1-5-6-14(2)16-7-8-17-20-18(10-12-23(16,17)3)24(4)11-9-15(25)13-19(24)21-22(20)26-21/h13-14,16-18,20-22H,5-12H2,1-4H3/t14-,16-,17?,18?,20?,21+,22-,23-,24-/m1/s1. The molecule has 0 spiro atoms. The van der Waals surface area contributed by atoms with E-state index in [1.165, 1.54) is 44.1 Å². The molecule has 4 fully saturated rings. The Hall–Kier alpha value is -0.630. The molecule has 0 radical (unpaired) electrons. The van der Waals surface area contributed by atoms with Gasteiger partial charge in [-0.05, 0) is 84.2 Å². The molecule has 2 nitrogen and oxygen atoms in total. The first-order valence-corrected chi connectivity index (χ1v) is 11.3. The molecule has 1 saturated heterocycles. The average molecular weight is 357 g/mol. The van der Waals surface area contributed by atoms with Gasteiger partial charge in [-0.2, -0.15) is 0 Å². The van der Waals surface area contributed by atoms with Gasteiger partial charge in [0, 0.05) is 6.42 Å². The van der Waals surface area contributed by atoms with Crippen molar-refractivity contribution in [2.24, 2.45) is 40.4 Å². The zero-order valence-electron chi connectivity index (χ0n) is 17.1. The highest BCUT2D eigenvalue weighted by Crippen LogP contribution is 2.70. The first-order valence-electron chi connectivity index (χ1n) is 11.3. The maximum atomic E-state index is 12.1. The smallest absolute Gasteiger partial charge is 0.155 e. The number of ether oxygens (including phenoxy) is 1. The maximum absolute atomic E-state index is 12.1. The van der Waals surface area contributed by atoms with Crippen LogP contribution in [0, 0.1) is 40.4 Å². The van der Waals surface area contributed by atoms with Gasteiger partial charge in [-0.15, -0.1) is 0 Å². The predicted molar refractivity (Wildman–Crippen MR) is 104 cm³/mol. The lowest BCUT2D eigenvalue weighted by Crippen LogP contribution is -2.53. The second kappa shape index (κ2) is 5.69. The molecule has 1 heterocycles. The topological polar surface area (TPSA) is 29.6 Å². The number of epoxide rings is 1. The minimum absolute atomic E-state index is 0.227. The summed E-state index contributed by atoms with van der Waals surface area (Å²) in [5.41, 5.74) is 2.12. The van der Waals surface area contributed by atoms with E-state index in [1.807, 2.05) is 6.08 Å². The Kier molecular flexibility index (Phi) is 3.82. The van der Waals surface area contributed by atoms with Gasteiger partial charge in [0.15, 0.2) is 5.78 Å². The zero-order valence-corrected chi connectivity index (χ0v) is 17.1. The summed E-state index contributed by atoms with van der Waals surface area (Å²) in [5.74, 6) is 4.43. The van der Waals surface area contributed by atoms with E-state index in [0.29, 0.717) is 17.3 Å². The van der Waals surface area contributed by atoms with Crippen LogP contribution >= 0.6 is 0 Å². The first kappa shape index (κ1) is 17.5. The lowest BCUT2D eigenvalue weighted by molar-refractivity contribution is -0.117. The fourth-order valence-corrected chi connectivity index (χ4v) is 8.44. The van der Waals surface area contributed by atoms with Crippen molar-refractivity contribution in [3.63, 3.8) is 0 Å². The molecule has 144 valence electrons. The van der Waals surface area contributed by atoms with E-state index in [0.717, 1.165) is 42.4 Å². The molecule has 5 rings (SSSR count). The van der Waals surface area contributed by atoms with E-state index in [-0.39, 0.29) is 11.5 Å². The van der Waals surface area contributed by atoms with Crippen LogP contribution in [-0.2, 0) is 9.53 Å². The van der Waals surface area contributed by atoms with Crippen molar-refractivity contribution in [3.05, 3.63) is 11.6 Å². The monoisotopic (exact) mass is 356 g/mol. The van der Waals surface area contributed by atoms with Gasteiger partial charge in [0.1, 0.15) is 6.10 Å². The second-order valence-corrected chi connectivity index (χ2v) is 10.8. The summed E-state index contributed by atoms with van der Waals surface area (Å²) in [4.78, 5) is 12.1. The van der Waals surface area contributed by atoms with Gasteiger partial charge in [-0.3, -0.25) is 4.79 Å². The van der Waals surface area contributed by atoms with Crippen molar-refractivity contribution in [2.75, 3.05) is 0 Å². The Morgan fingerprint density at radius 3 is 2.77 bits per heavy atom. The summed E-state index contributed by atoms with van der Waals surface area (Å²) in [6, 6.07) is 0. The number of ketones is 1. The molecular formula is C24H36O2. The van der Waals surface area contributed by atoms with Crippen molar-refractivity contribution in [3.8, 4) is 0 Å². The highest BCUT2D eigenvalue weighted by atomic mass is 16.6. The first-order chi connectivity index (χ1) is 12.4. The van der Waals surface area contributed by atoms with Crippen LogP contribution in [0.4, 0.5) is 0 Å². The summed E-state index contributed by atoms with van der Waals surface area (Å²) in [6.07, 6.45) is 12.8. The molecule has 5 aliphatic rings. The van der Waals surface area contributed by atoms with Crippen molar-refractivity contribution in [2.45, 2.75) is 91.3 Å². The van der Waals surface area contributed by atoms with E-state index in [1.54, 1.807) is 0 Å². The van der Waals surface area contributed by atoms with E-state index in [9.17, 15) is 4.79 Å². The van der Waals surface area contributed by atoms with E-state index < -0.39 is 0 Å². The molecule has 0 N–H and O–H groups in total. The van der Waals surface area contributed by atoms with Gasteiger partial charge in [-0.1, -0.05) is 40.5 Å². The fraction of sp³-hybridized carbons (Fsp3) is 0.875. The summed E-state index contributed by atoms with van der Waals surface area (Å²) in [5, 5.41) is 0. The Bertz CT molecular complexity index is 651. The molecule has 26 heavy (non-hydrogen) atoms. The van der Waals surface area contributed by atoms with Crippen LogP contribution in [0.3, 0.4) is 0 Å². The number of hydrogen-bond acceptors (Lipinski definition) is 2. The van der Waals surface area contributed by atoms with Gasteiger partial charge in [0.05, 0.1) is 6.10 Å². The third-order valence-corrected chi connectivity index (χ3v) is 9.73. The number of carbonyl (C=O) groups is 1. The van der Waals surface area contributed by atoms with Crippen LogP contribution in [0.15, 0.2) is 11.6 Å². The molecule has 4 aliphatic carbocycles. The van der Waals surface area contributed by atoms with Crippen molar-refractivity contribution in [1.29, 1.82) is 0 Å². The molecule has 0 aromatic heterocycles. The quantitative estimate of drug-likeness (QED) is 0.620. The number of fused-ring (bicyclic) bond motifs is 8. The second-order valence-electron chi connectivity index (χ2n) is 10.8. The number of rotatable bonds is 3. The molecule has 0 aromatic carbocycles. The van der Waals surface area contributed by atoms with Crippen molar-refractivity contribution < 1.29 is 9.53 Å². The van der Waals surface area contributed by atoms with Crippen LogP contribution < -0.4 is 0 Å². The summed E-state index contributed by atoms with van der Waals surface area (Å²) in [6.45, 7) is 9.95. The van der Waals surface area contributed by atoms with Gasteiger partial charge in [-0.25, -0.2) is 0 Å². The summed E-state index contributed by atoms with van der Waals surface area (Å²) >= 11 is 0. The van der Waals surface area contributed by atoms with Crippen molar-refractivity contribution >= 4 is 5.78 Å². The zero-order chi connectivity index (χ0) is 18.3. The number of carbonyl (C=O) groups excluding carboxylic acids is 1. The van der Waals surface area contributed by atoms with Crippen LogP contribution in [0.25, 0.3) is 0 Å². The Balaban J connectivity index is 1.48. The Labute approximate surface area is 159 Å². The molecule has 0 bridgehead atoms. The average Bonchev–Trinajstić information content (AvgIpc) is 3.31. The Morgan fingerprint density at radius 2 is 2.00 bits per heavy atom. The molecule has 3 saturated carbocycles. The molecule has 9 atom stereocenters.